The second-order valence-corrected chi connectivity index (χ2v) is 21.7. The van der Waals surface area contributed by atoms with Crippen molar-refractivity contribution < 1.29 is 127 Å². The molecule has 36 heteroatoms. The Bertz CT molecular complexity index is 3920. The van der Waals surface area contributed by atoms with E-state index < -0.39 is 93.8 Å². The van der Waals surface area contributed by atoms with Crippen LogP contribution in [0, 0.1) is 0 Å². The summed E-state index contributed by atoms with van der Waals surface area (Å²) in [6.07, 6.45) is 0. The van der Waals surface area contributed by atoms with Crippen molar-refractivity contribution >= 4 is 153 Å². The summed E-state index contributed by atoms with van der Waals surface area (Å²) in [7, 11) is -10.1. The molecule has 7 rings (SSSR count). The summed E-state index contributed by atoms with van der Waals surface area (Å²) < 4.78 is 104. The van der Waals surface area contributed by atoms with Crippen LogP contribution in [0.25, 0.3) is 32.3 Å². The summed E-state index contributed by atoms with van der Waals surface area (Å²) in [6, 6.07) is 16.2. The summed E-state index contributed by atoms with van der Waals surface area (Å²) in [5.41, 5.74) is -2.65. The molecule has 0 radical (unpaired) electrons. The average molecular weight is 1240 g/mol. The summed E-state index contributed by atoms with van der Waals surface area (Å²) in [6.45, 7) is 3.01. The molecule has 9 N–H and O–H groups in total. The zero-order valence-corrected chi connectivity index (χ0v) is 45.3. The molecule has 3 amide bonds. The molecule has 0 saturated carbocycles. The van der Waals surface area contributed by atoms with Gasteiger partial charge in [0.1, 0.15) is 17.2 Å². The van der Waals surface area contributed by atoms with Gasteiger partial charge in [-0.15, -0.1) is 17.3 Å². The molecule has 0 heterocycles. The SMILES string of the molecule is CC(=O)Oc1cc(SOOO)cc2cc(SOOO)cc(NC(=O)c3cc(C(=O)Nc4cc(S(=O)(=O)O)cc5cc(SOOO)cc(OC(C)=O)c45)cc(C(=O)Nc4cc(SOOO)cc5cc(S(=O)(=O)O)cc(OC(C)=O)c45)c3)c12. The number of nitrogens with one attached hydrogen (secondary N) is 3. The molecule has 7 aromatic carbocycles. The number of fused-ring (bicyclic) bond motifs is 3. The maximum atomic E-state index is 14.8. The van der Waals surface area contributed by atoms with E-state index in [4.69, 9.17) is 35.2 Å². The van der Waals surface area contributed by atoms with Gasteiger partial charge in [0, 0.05) is 79.3 Å². The van der Waals surface area contributed by atoms with E-state index in [0.717, 1.165) is 75.4 Å². The molecule has 0 bridgehead atoms. The van der Waals surface area contributed by atoms with E-state index >= 15 is 0 Å². The van der Waals surface area contributed by atoms with Gasteiger partial charge >= 0.3 is 17.9 Å². The van der Waals surface area contributed by atoms with Gasteiger partial charge in [-0.1, -0.05) is 20.2 Å². The van der Waals surface area contributed by atoms with Crippen molar-refractivity contribution in [1.29, 1.82) is 0 Å². The van der Waals surface area contributed by atoms with E-state index in [-0.39, 0.29) is 74.8 Å². The molecule has 0 fully saturated rings. The molecule has 0 aliphatic carbocycles. The summed E-state index contributed by atoms with van der Waals surface area (Å²) in [4.78, 5) is 79.9. The molecular formula is C45H33N3O27S6. The van der Waals surface area contributed by atoms with Gasteiger partial charge in [0.15, 0.2) is 0 Å². The Morgan fingerprint density at radius 2 is 0.654 bits per heavy atom. The van der Waals surface area contributed by atoms with Crippen molar-refractivity contribution in [3.05, 3.63) is 108 Å². The lowest BCUT2D eigenvalue weighted by molar-refractivity contribution is -0.432. The van der Waals surface area contributed by atoms with E-state index in [9.17, 15) is 54.7 Å². The second-order valence-electron chi connectivity index (χ2n) is 15.8. The third-order valence-corrected chi connectivity index (χ3v) is 14.2. The van der Waals surface area contributed by atoms with E-state index in [0.29, 0.717) is 48.2 Å². The molecule has 0 unspecified atom stereocenters. The van der Waals surface area contributed by atoms with Crippen molar-refractivity contribution in [3.63, 3.8) is 0 Å². The predicted octanol–water partition coefficient (Wildman–Crippen LogP) is 8.89. The molecule has 0 spiro atoms. The van der Waals surface area contributed by atoms with Crippen molar-refractivity contribution in [1.82, 2.24) is 0 Å². The number of amides is 3. The molecule has 0 aliphatic heterocycles. The Kier molecular flexibility index (Phi) is 20.2. The normalized spacial score (nSPS) is 11.6. The maximum absolute atomic E-state index is 14.8. The van der Waals surface area contributed by atoms with Crippen molar-refractivity contribution in [3.8, 4) is 17.2 Å². The van der Waals surface area contributed by atoms with Gasteiger partial charge < -0.3 is 30.2 Å². The minimum Gasteiger partial charge on any atom is -0.426 e. The smallest absolute Gasteiger partial charge is 0.308 e. The van der Waals surface area contributed by atoms with Gasteiger partial charge in [-0.05, 0) is 101 Å². The fourth-order valence-electron chi connectivity index (χ4n) is 7.58. The first-order chi connectivity index (χ1) is 38.4. The van der Waals surface area contributed by atoms with Gasteiger partial charge in [0.05, 0.1) is 75.0 Å². The Balaban J connectivity index is 1.44. The van der Waals surface area contributed by atoms with E-state index in [2.05, 4.69) is 53.4 Å². The van der Waals surface area contributed by atoms with E-state index in [1.165, 1.54) is 36.4 Å². The van der Waals surface area contributed by atoms with Crippen LogP contribution in [-0.2, 0) is 72.1 Å². The monoisotopic (exact) mass is 1240 g/mol. The van der Waals surface area contributed by atoms with Crippen molar-refractivity contribution in [2.75, 3.05) is 16.0 Å². The number of hydrogen-bond acceptors (Lipinski definition) is 29. The highest BCUT2D eigenvalue weighted by molar-refractivity contribution is 7.95. The molecule has 426 valence electrons. The minimum atomic E-state index is -5.11. The Hall–Kier alpha value is -7.12. The Morgan fingerprint density at radius 3 is 0.951 bits per heavy atom. The molecule has 0 aliphatic rings. The molecule has 0 atom stereocenters. The van der Waals surface area contributed by atoms with Gasteiger partial charge in [-0.2, -0.15) is 16.8 Å². The summed E-state index contributed by atoms with van der Waals surface area (Å²) >= 11 is 1.53. The van der Waals surface area contributed by atoms with Crippen LogP contribution in [0.5, 0.6) is 17.2 Å². The number of rotatable bonds is 23. The van der Waals surface area contributed by atoms with Crippen LogP contribution in [0.2, 0.25) is 0 Å². The van der Waals surface area contributed by atoms with Crippen LogP contribution in [0.15, 0.2) is 120 Å². The molecule has 7 aromatic rings. The number of carbonyl (C=O) groups excluding carboxylic acids is 6. The first-order valence-corrected chi connectivity index (χ1v) is 27.3. The quantitative estimate of drug-likeness (QED) is 0.00720. The van der Waals surface area contributed by atoms with Gasteiger partial charge in [-0.3, -0.25) is 37.9 Å². The minimum absolute atomic E-state index is 0.00100. The van der Waals surface area contributed by atoms with Crippen LogP contribution in [0.3, 0.4) is 0 Å². The fourth-order valence-corrected chi connectivity index (χ4v) is 10.4. The highest BCUT2D eigenvalue weighted by atomic mass is 32.2. The highest BCUT2D eigenvalue weighted by Gasteiger charge is 2.26. The fraction of sp³-hybridized carbons (Fsp3) is 0.0667. The number of ether oxygens (including phenoxy) is 3. The van der Waals surface area contributed by atoms with Crippen LogP contribution in [0.1, 0.15) is 51.8 Å². The van der Waals surface area contributed by atoms with E-state index in [1.54, 1.807) is 0 Å². The van der Waals surface area contributed by atoms with Crippen molar-refractivity contribution in [2.24, 2.45) is 0 Å². The number of anilines is 3. The summed E-state index contributed by atoms with van der Waals surface area (Å²) in [5, 5.41) is 57.2. The lowest BCUT2D eigenvalue weighted by atomic mass is 10.0. The maximum Gasteiger partial charge on any atom is 0.308 e. The van der Waals surface area contributed by atoms with Gasteiger partial charge in [-0.25, -0.2) is 21.0 Å². The van der Waals surface area contributed by atoms with Crippen LogP contribution in [0.4, 0.5) is 17.1 Å². The van der Waals surface area contributed by atoms with Crippen LogP contribution < -0.4 is 30.2 Å². The zero-order valence-electron chi connectivity index (χ0n) is 40.4. The Morgan fingerprint density at radius 1 is 0.383 bits per heavy atom. The molecule has 0 saturated heterocycles. The summed E-state index contributed by atoms with van der Waals surface area (Å²) in [5.74, 6) is -7.46. The van der Waals surface area contributed by atoms with Gasteiger partial charge in [0.25, 0.3) is 38.0 Å². The number of hydrogen-bond donors (Lipinski definition) is 9. The molecule has 30 nitrogen and oxygen atoms in total. The number of carbonyl (C=O) groups is 6. The molecule has 81 heavy (non-hydrogen) atoms. The third-order valence-electron chi connectivity index (χ3n) is 10.3. The lowest BCUT2D eigenvalue weighted by Crippen LogP contribution is -2.20. The van der Waals surface area contributed by atoms with Crippen molar-refractivity contribution in [2.45, 2.75) is 50.1 Å². The zero-order chi connectivity index (χ0) is 58.9. The van der Waals surface area contributed by atoms with Gasteiger partial charge in [0.2, 0.25) is 0 Å². The first-order valence-electron chi connectivity index (χ1n) is 21.4. The average Bonchev–Trinajstić information content (AvgIpc) is 3.47. The number of benzene rings is 7. The second kappa shape index (κ2) is 26.6. The Labute approximate surface area is 469 Å². The number of esters is 3. The third kappa shape index (κ3) is 15.7. The molecular weight excluding hydrogens is 1210 g/mol. The van der Waals surface area contributed by atoms with Crippen LogP contribution >= 0.6 is 48.2 Å². The van der Waals surface area contributed by atoms with E-state index in [1.807, 2.05) is 0 Å². The van der Waals surface area contributed by atoms with Crippen LogP contribution in [-0.4, -0.2) is 82.6 Å². The standard InChI is InChI=1S/C45H33N3O27S6/c1-19(49)65-37-15-30(78-74-70-57)8-22-7-28(76-72-68-55)13-34(40(22)37)46-43(52)25-4-26(44(53)47-35-14-29(77-73-69-56)9-23-12-33(81(62,63)64)18-39(41(23)35)67-21(3)51)6-27(5-25)45(54)48-36-17-32(80(59,60)61)11-24-10-31(79-75-71-58)16-38(42(24)36)66-20(2)50/h4-18,55-58H,1-3H3,(H,46,52)(H,47,53)(H,48,54)(H,59,60,61)(H,62,63,64). The topological polar surface area (TPSA) is 430 Å². The lowest BCUT2D eigenvalue weighted by Gasteiger charge is -2.17. The highest BCUT2D eigenvalue weighted by Crippen LogP contribution is 2.43. The first kappa shape index (κ1) is 61.5. The molecule has 0 aromatic heterocycles. The predicted molar refractivity (Wildman–Crippen MR) is 278 cm³/mol. The largest absolute Gasteiger partial charge is 0.426 e.